The fourth-order valence-electron chi connectivity index (χ4n) is 4.22. The highest BCUT2D eigenvalue weighted by Gasteiger charge is 2.17. The molecule has 0 saturated heterocycles. The van der Waals surface area contributed by atoms with Crippen molar-refractivity contribution in [1.82, 2.24) is 0 Å². The third kappa shape index (κ3) is 13.1. The fraction of sp³-hybridized carbons (Fsp3) is 0.750. The van der Waals surface area contributed by atoms with Gasteiger partial charge in [-0.1, -0.05) is 135 Å². The van der Waals surface area contributed by atoms with E-state index >= 15 is 0 Å². The highest BCUT2D eigenvalue weighted by Crippen LogP contribution is 2.20. The molecule has 0 aliphatic carbocycles. The summed E-state index contributed by atoms with van der Waals surface area (Å²) >= 11 is 0. The smallest absolute Gasteiger partial charge is 0.306 e. The van der Waals surface area contributed by atoms with Crippen LogP contribution in [-0.2, 0) is 11.2 Å². The van der Waals surface area contributed by atoms with Crippen molar-refractivity contribution in [3.8, 4) is 0 Å². The summed E-state index contributed by atoms with van der Waals surface area (Å²) in [5, 5.41) is 9.58. The van der Waals surface area contributed by atoms with E-state index in [4.69, 9.17) is 0 Å². The highest BCUT2D eigenvalue weighted by molar-refractivity contribution is 5.70. The van der Waals surface area contributed by atoms with Crippen molar-refractivity contribution in [2.24, 2.45) is 5.92 Å². The third-order valence-corrected chi connectivity index (χ3v) is 6.38. The molecule has 0 aliphatic rings. The van der Waals surface area contributed by atoms with E-state index in [-0.39, 0.29) is 5.92 Å². The minimum atomic E-state index is -0.641. The Morgan fingerprint density at radius 3 is 1.57 bits per heavy atom. The molecule has 172 valence electrons. The highest BCUT2D eigenvalue weighted by atomic mass is 16.4. The predicted molar refractivity (Wildman–Crippen MR) is 130 cm³/mol. The van der Waals surface area contributed by atoms with Crippen molar-refractivity contribution in [2.75, 3.05) is 0 Å². The average molecular weight is 417 g/mol. The molecule has 0 bridgehead atoms. The third-order valence-electron chi connectivity index (χ3n) is 6.38. The molecule has 0 heterocycles. The Balaban J connectivity index is 2.04. The number of benzene rings is 1. The van der Waals surface area contributed by atoms with E-state index in [9.17, 15) is 9.90 Å². The maximum Gasteiger partial charge on any atom is 0.306 e. The Kier molecular flexibility index (Phi) is 15.5. The second-order valence-corrected chi connectivity index (χ2v) is 9.52. The minimum absolute atomic E-state index is 0.243. The number of hydrogen-bond acceptors (Lipinski definition) is 1. The second kappa shape index (κ2) is 17.4. The van der Waals surface area contributed by atoms with E-state index in [0.29, 0.717) is 12.3 Å². The maximum absolute atomic E-state index is 11.6. The lowest BCUT2D eigenvalue weighted by atomic mass is 9.92. The van der Waals surface area contributed by atoms with Gasteiger partial charge in [0, 0.05) is 0 Å². The van der Waals surface area contributed by atoms with Crippen LogP contribution in [0.1, 0.15) is 134 Å². The van der Waals surface area contributed by atoms with Crippen LogP contribution in [0.2, 0.25) is 0 Å². The topological polar surface area (TPSA) is 37.3 Å². The van der Waals surface area contributed by atoms with E-state index in [1.165, 1.54) is 89.0 Å². The number of rotatable bonds is 19. The number of hydrogen-bond donors (Lipinski definition) is 1. The van der Waals surface area contributed by atoms with Crippen molar-refractivity contribution in [1.29, 1.82) is 0 Å². The van der Waals surface area contributed by atoms with Gasteiger partial charge in [0.15, 0.2) is 0 Å². The Labute approximate surface area is 186 Å². The lowest BCUT2D eigenvalue weighted by molar-refractivity contribution is -0.142. The summed E-state index contributed by atoms with van der Waals surface area (Å²) in [5.41, 5.74) is 2.47. The van der Waals surface area contributed by atoms with Crippen LogP contribution in [0, 0.1) is 5.92 Å². The number of unbranched alkanes of at least 4 members (excludes halogenated alkanes) is 13. The summed E-state index contributed by atoms with van der Waals surface area (Å²) in [6, 6.07) is 8.50. The van der Waals surface area contributed by atoms with Gasteiger partial charge in [-0.15, -0.1) is 0 Å². The lowest BCUT2D eigenvalue weighted by Crippen LogP contribution is -2.16. The molecule has 0 fully saturated rings. The molecule has 1 atom stereocenters. The van der Waals surface area contributed by atoms with Crippen molar-refractivity contribution >= 4 is 5.97 Å². The number of aliphatic carboxylic acids is 1. The Hall–Kier alpha value is -1.31. The van der Waals surface area contributed by atoms with Gasteiger partial charge in [-0.05, 0) is 29.9 Å². The molecule has 0 saturated carbocycles. The summed E-state index contributed by atoms with van der Waals surface area (Å²) in [5.74, 6) is -0.366. The summed E-state index contributed by atoms with van der Waals surface area (Å²) < 4.78 is 0. The van der Waals surface area contributed by atoms with Gasteiger partial charge in [0.2, 0.25) is 0 Å². The Morgan fingerprint density at radius 1 is 0.733 bits per heavy atom. The molecule has 0 aliphatic heterocycles. The monoisotopic (exact) mass is 416 g/mol. The number of carboxylic acids is 1. The fourth-order valence-corrected chi connectivity index (χ4v) is 4.22. The lowest BCUT2D eigenvalue weighted by Gasteiger charge is -2.13. The molecule has 2 heteroatoms. The molecule has 1 aromatic carbocycles. The first kappa shape index (κ1) is 26.7. The molecule has 0 amide bonds. The van der Waals surface area contributed by atoms with Gasteiger partial charge in [-0.25, -0.2) is 0 Å². The van der Waals surface area contributed by atoms with Crippen LogP contribution in [0.3, 0.4) is 0 Å². The molecule has 30 heavy (non-hydrogen) atoms. The SMILES string of the molecule is CCCCCCCCCCCCCCCCC(Cc1ccc(C(C)C)cc1)C(=O)O. The van der Waals surface area contributed by atoms with Crippen LogP contribution >= 0.6 is 0 Å². The second-order valence-electron chi connectivity index (χ2n) is 9.52. The van der Waals surface area contributed by atoms with Gasteiger partial charge in [-0.3, -0.25) is 4.79 Å². The van der Waals surface area contributed by atoms with E-state index in [1.807, 2.05) is 0 Å². The number of carbonyl (C=O) groups is 1. The molecule has 0 radical (unpaired) electrons. The predicted octanol–water partition coefficient (Wildman–Crippen LogP) is 8.92. The molecule has 0 spiro atoms. The van der Waals surface area contributed by atoms with Crippen molar-refractivity contribution < 1.29 is 9.90 Å². The summed E-state index contributed by atoms with van der Waals surface area (Å²) in [6.45, 7) is 6.65. The van der Waals surface area contributed by atoms with Crippen molar-refractivity contribution in [3.05, 3.63) is 35.4 Å². The van der Waals surface area contributed by atoms with Crippen LogP contribution in [0.25, 0.3) is 0 Å². The maximum atomic E-state index is 11.6. The Bertz CT molecular complexity index is 532. The van der Waals surface area contributed by atoms with Gasteiger partial charge in [-0.2, -0.15) is 0 Å². The summed E-state index contributed by atoms with van der Waals surface area (Å²) in [7, 11) is 0. The van der Waals surface area contributed by atoms with Gasteiger partial charge in [0.25, 0.3) is 0 Å². The molecule has 1 unspecified atom stereocenters. The first-order valence-electron chi connectivity index (χ1n) is 12.9. The Morgan fingerprint density at radius 2 is 1.17 bits per heavy atom. The standard InChI is InChI=1S/C28H48O2/c1-4-5-6-7-8-9-10-11-12-13-14-15-16-17-18-27(28(29)30)23-25-19-21-26(22-20-25)24(2)3/h19-22,24,27H,4-18,23H2,1-3H3,(H,29,30). The molecule has 0 aromatic heterocycles. The molecule has 1 rings (SSSR count). The molecule has 2 nitrogen and oxygen atoms in total. The van der Waals surface area contributed by atoms with Gasteiger partial charge >= 0.3 is 5.97 Å². The van der Waals surface area contributed by atoms with Gasteiger partial charge in [0.1, 0.15) is 0 Å². The summed E-state index contributed by atoms with van der Waals surface area (Å²) in [4.78, 5) is 11.6. The van der Waals surface area contributed by atoms with Crippen molar-refractivity contribution in [2.45, 2.75) is 129 Å². The normalized spacial score (nSPS) is 12.4. The van der Waals surface area contributed by atoms with E-state index in [0.717, 1.165) is 18.4 Å². The average Bonchev–Trinajstić information content (AvgIpc) is 2.73. The van der Waals surface area contributed by atoms with Gasteiger partial charge < -0.3 is 5.11 Å². The zero-order valence-electron chi connectivity index (χ0n) is 20.1. The van der Waals surface area contributed by atoms with E-state index in [2.05, 4.69) is 45.0 Å². The first-order valence-corrected chi connectivity index (χ1v) is 12.9. The quantitative estimate of drug-likeness (QED) is 0.228. The van der Waals surface area contributed by atoms with Crippen LogP contribution in [0.4, 0.5) is 0 Å². The van der Waals surface area contributed by atoms with Crippen molar-refractivity contribution in [3.63, 3.8) is 0 Å². The van der Waals surface area contributed by atoms with Gasteiger partial charge in [0.05, 0.1) is 5.92 Å². The molecular formula is C28H48O2. The number of carboxylic acid groups (broad SMARTS) is 1. The zero-order chi connectivity index (χ0) is 22.0. The molecule has 1 N–H and O–H groups in total. The first-order chi connectivity index (χ1) is 14.5. The molecular weight excluding hydrogens is 368 g/mol. The van der Waals surface area contributed by atoms with E-state index < -0.39 is 5.97 Å². The van der Waals surface area contributed by atoms with Crippen LogP contribution in [0.5, 0.6) is 0 Å². The minimum Gasteiger partial charge on any atom is -0.481 e. The van der Waals surface area contributed by atoms with E-state index in [1.54, 1.807) is 0 Å². The zero-order valence-corrected chi connectivity index (χ0v) is 20.1. The largest absolute Gasteiger partial charge is 0.481 e. The van der Waals surface area contributed by atoms with Crippen LogP contribution < -0.4 is 0 Å². The van der Waals surface area contributed by atoms with Crippen LogP contribution in [-0.4, -0.2) is 11.1 Å². The summed E-state index contributed by atoms with van der Waals surface area (Å²) in [6.07, 6.45) is 20.2. The molecule has 1 aromatic rings. The van der Waals surface area contributed by atoms with Crippen LogP contribution in [0.15, 0.2) is 24.3 Å².